The Balaban J connectivity index is 2.29. The molecule has 0 atom stereocenters. The van der Waals surface area contributed by atoms with E-state index in [9.17, 15) is 9.59 Å². The molecule has 0 spiro atoms. The van der Waals surface area contributed by atoms with Crippen LogP contribution < -0.4 is 5.32 Å². The minimum Gasteiger partial charge on any atom is -0.480 e. The second kappa shape index (κ2) is 9.58. The molecule has 1 aliphatic rings. The molecular weight excluding hydrogens is 260 g/mol. The third kappa shape index (κ3) is 6.23. The molecule has 0 unspecified atom stereocenters. The van der Waals surface area contributed by atoms with Gasteiger partial charge in [-0.25, -0.2) is 4.79 Å². The Kier molecular flexibility index (Phi) is 8.02. The second-order valence-electron chi connectivity index (χ2n) is 5.16. The molecule has 0 aliphatic heterocycles. The average molecular weight is 286 g/mol. The molecule has 1 fully saturated rings. The average Bonchev–Trinajstić information content (AvgIpc) is 2.93. The van der Waals surface area contributed by atoms with Gasteiger partial charge in [0.2, 0.25) is 0 Å². The van der Waals surface area contributed by atoms with Gasteiger partial charge in [-0.1, -0.05) is 26.2 Å². The molecule has 2 amide bonds. The fraction of sp³-hybridized carbons (Fsp3) is 0.857. The first-order valence-corrected chi connectivity index (χ1v) is 7.49. The number of hydrogen-bond donors (Lipinski definition) is 2. The SMILES string of the molecule is CCCCOCCNC(=O)N(CC(=O)O)C1CCCC1. The third-order valence-electron chi connectivity index (χ3n) is 3.50. The number of nitrogens with zero attached hydrogens (tertiary/aromatic N) is 1. The molecule has 0 aromatic carbocycles. The molecule has 1 aliphatic carbocycles. The van der Waals surface area contributed by atoms with Gasteiger partial charge in [-0.05, 0) is 19.3 Å². The van der Waals surface area contributed by atoms with E-state index in [0.29, 0.717) is 19.8 Å². The van der Waals surface area contributed by atoms with Crippen LogP contribution in [0.15, 0.2) is 0 Å². The summed E-state index contributed by atoms with van der Waals surface area (Å²) in [6, 6.07) is -0.231. The highest BCUT2D eigenvalue weighted by molar-refractivity contribution is 5.80. The molecule has 0 bridgehead atoms. The lowest BCUT2D eigenvalue weighted by Gasteiger charge is -2.27. The number of urea groups is 1. The van der Waals surface area contributed by atoms with Gasteiger partial charge in [0.25, 0.3) is 0 Å². The standard InChI is InChI=1S/C14H26N2O4/c1-2-3-9-20-10-8-15-14(19)16(11-13(17)18)12-6-4-5-7-12/h12H,2-11H2,1H3,(H,15,19)(H,17,18). The number of carboxylic acids is 1. The summed E-state index contributed by atoms with van der Waals surface area (Å²) in [4.78, 5) is 24.4. The number of aliphatic carboxylic acids is 1. The summed E-state index contributed by atoms with van der Waals surface area (Å²) in [5, 5.41) is 11.7. The summed E-state index contributed by atoms with van der Waals surface area (Å²) in [7, 11) is 0. The summed E-state index contributed by atoms with van der Waals surface area (Å²) in [6.45, 7) is 3.46. The van der Waals surface area contributed by atoms with Crippen LogP contribution in [0.25, 0.3) is 0 Å². The maximum absolute atomic E-state index is 12.1. The van der Waals surface area contributed by atoms with E-state index in [1.54, 1.807) is 0 Å². The fourth-order valence-corrected chi connectivity index (χ4v) is 2.41. The Morgan fingerprint density at radius 1 is 1.30 bits per heavy atom. The van der Waals surface area contributed by atoms with Gasteiger partial charge in [-0.2, -0.15) is 0 Å². The molecule has 0 heterocycles. The van der Waals surface area contributed by atoms with Crippen LogP contribution in [0, 0.1) is 0 Å². The number of nitrogens with one attached hydrogen (secondary N) is 1. The number of carboxylic acid groups (broad SMARTS) is 1. The summed E-state index contributed by atoms with van der Waals surface area (Å²) in [5.74, 6) is -0.966. The predicted octanol–water partition coefficient (Wildman–Crippen LogP) is 1.84. The summed E-state index contributed by atoms with van der Waals surface area (Å²) in [5.41, 5.74) is 0. The first-order valence-electron chi connectivity index (χ1n) is 7.49. The molecule has 0 aromatic heterocycles. The zero-order valence-electron chi connectivity index (χ0n) is 12.3. The molecular formula is C14H26N2O4. The highest BCUT2D eigenvalue weighted by Crippen LogP contribution is 2.23. The first-order chi connectivity index (χ1) is 9.65. The summed E-state index contributed by atoms with van der Waals surface area (Å²) >= 11 is 0. The van der Waals surface area contributed by atoms with Gasteiger partial charge in [0.1, 0.15) is 6.54 Å². The van der Waals surface area contributed by atoms with Crippen LogP contribution in [0.2, 0.25) is 0 Å². The Bertz CT molecular complexity index is 304. The number of ether oxygens (including phenoxy) is 1. The van der Waals surface area contributed by atoms with Crippen molar-refractivity contribution in [1.82, 2.24) is 10.2 Å². The largest absolute Gasteiger partial charge is 0.480 e. The molecule has 6 heteroatoms. The Hall–Kier alpha value is -1.30. The van der Waals surface area contributed by atoms with Crippen molar-refractivity contribution in [2.75, 3.05) is 26.3 Å². The van der Waals surface area contributed by atoms with Crippen LogP contribution in [-0.4, -0.2) is 54.4 Å². The number of carbonyl (C=O) groups excluding carboxylic acids is 1. The topological polar surface area (TPSA) is 78.9 Å². The molecule has 6 nitrogen and oxygen atoms in total. The molecule has 1 rings (SSSR count). The van der Waals surface area contributed by atoms with Crippen molar-refractivity contribution in [1.29, 1.82) is 0 Å². The van der Waals surface area contributed by atoms with E-state index < -0.39 is 5.97 Å². The van der Waals surface area contributed by atoms with E-state index in [1.165, 1.54) is 4.90 Å². The highest BCUT2D eigenvalue weighted by atomic mass is 16.5. The van der Waals surface area contributed by atoms with Gasteiger partial charge in [0.15, 0.2) is 0 Å². The zero-order valence-corrected chi connectivity index (χ0v) is 12.3. The van der Waals surface area contributed by atoms with E-state index in [1.807, 2.05) is 0 Å². The van der Waals surface area contributed by atoms with Crippen molar-refractivity contribution in [2.24, 2.45) is 0 Å². The fourth-order valence-electron chi connectivity index (χ4n) is 2.41. The summed E-state index contributed by atoms with van der Waals surface area (Å²) in [6.07, 6.45) is 6.02. The second-order valence-corrected chi connectivity index (χ2v) is 5.16. The van der Waals surface area contributed by atoms with E-state index in [-0.39, 0.29) is 18.6 Å². The Morgan fingerprint density at radius 3 is 2.60 bits per heavy atom. The maximum Gasteiger partial charge on any atom is 0.323 e. The van der Waals surface area contributed by atoms with Gasteiger partial charge in [-0.15, -0.1) is 0 Å². The van der Waals surface area contributed by atoms with Gasteiger partial charge >= 0.3 is 12.0 Å². The number of amides is 2. The minimum absolute atomic E-state index is 0.0621. The minimum atomic E-state index is -0.966. The van der Waals surface area contributed by atoms with Crippen molar-refractivity contribution < 1.29 is 19.4 Å². The molecule has 0 aromatic rings. The maximum atomic E-state index is 12.1. The molecule has 0 saturated heterocycles. The summed E-state index contributed by atoms with van der Waals surface area (Å²) < 4.78 is 5.36. The van der Waals surface area contributed by atoms with Crippen LogP contribution in [0.4, 0.5) is 4.79 Å². The quantitative estimate of drug-likeness (QED) is 0.634. The Labute approximate surface area is 120 Å². The van der Waals surface area contributed by atoms with Crippen LogP contribution in [0.5, 0.6) is 0 Å². The lowest BCUT2D eigenvalue weighted by Crippen LogP contribution is -2.48. The smallest absolute Gasteiger partial charge is 0.323 e. The number of carbonyl (C=O) groups is 2. The van der Waals surface area contributed by atoms with E-state index in [4.69, 9.17) is 9.84 Å². The molecule has 20 heavy (non-hydrogen) atoms. The number of hydrogen-bond acceptors (Lipinski definition) is 3. The van der Waals surface area contributed by atoms with Crippen LogP contribution in [0.3, 0.4) is 0 Å². The Morgan fingerprint density at radius 2 is 2.00 bits per heavy atom. The van der Waals surface area contributed by atoms with Gasteiger partial charge in [0.05, 0.1) is 6.61 Å². The van der Waals surface area contributed by atoms with Crippen molar-refractivity contribution in [2.45, 2.75) is 51.5 Å². The predicted molar refractivity (Wildman–Crippen MR) is 75.7 cm³/mol. The molecule has 2 N–H and O–H groups in total. The lowest BCUT2D eigenvalue weighted by atomic mass is 10.2. The number of unbranched alkanes of at least 4 members (excludes halogenated alkanes) is 1. The van der Waals surface area contributed by atoms with Crippen molar-refractivity contribution in [3.63, 3.8) is 0 Å². The van der Waals surface area contributed by atoms with Crippen LogP contribution in [-0.2, 0) is 9.53 Å². The van der Waals surface area contributed by atoms with Crippen molar-refractivity contribution >= 4 is 12.0 Å². The van der Waals surface area contributed by atoms with Crippen LogP contribution in [0.1, 0.15) is 45.4 Å². The monoisotopic (exact) mass is 286 g/mol. The van der Waals surface area contributed by atoms with Crippen molar-refractivity contribution in [3.8, 4) is 0 Å². The first kappa shape index (κ1) is 16.8. The van der Waals surface area contributed by atoms with Crippen LogP contribution >= 0.6 is 0 Å². The lowest BCUT2D eigenvalue weighted by molar-refractivity contribution is -0.138. The zero-order chi connectivity index (χ0) is 14.8. The van der Waals surface area contributed by atoms with Gasteiger partial charge < -0.3 is 20.1 Å². The molecule has 0 radical (unpaired) electrons. The van der Waals surface area contributed by atoms with Crippen molar-refractivity contribution in [3.05, 3.63) is 0 Å². The van der Waals surface area contributed by atoms with E-state index in [0.717, 1.165) is 38.5 Å². The normalized spacial score (nSPS) is 15.2. The van der Waals surface area contributed by atoms with E-state index >= 15 is 0 Å². The van der Waals surface area contributed by atoms with Gasteiger partial charge in [0, 0.05) is 19.2 Å². The van der Waals surface area contributed by atoms with Gasteiger partial charge in [-0.3, -0.25) is 4.79 Å². The number of rotatable bonds is 9. The molecule has 1 saturated carbocycles. The molecule has 116 valence electrons. The third-order valence-corrected chi connectivity index (χ3v) is 3.50. The highest BCUT2D eigenvalue weighted by Gasteiger charge is 2.27. The van der Waals surface area contributed by atoms with E-state index in [2.05, 4.69) is 12.2 Å².